The summed E-state index contributed by atoms with van der Waals surface area (Å²) in [5.41, 5.74) is 0.700. The monoisotopic (exact) mass is 336 g/mol. The van der Waals surface area contributed by atoms with Gasteiger partial charge < -0.3 is 10.6 Å². The number of likely N-dealkylation sites (N-methyl/N-ethyl adjacent to an activating group) is 1. The SMILES string of the molecule is CNC(=O)[C@@H](Nc1ccc(C(F)(F)F)cc1)[C@@H](C)c1ccccc1. The minimum Gasteiger partial charge on any atom is -0.373 e. The van der Waals surface area contributed by atoms with Gasteiger partial charge in [0.05, 0.1) is 5.56 Å². The molecule has 2 rings (SSSR count). The van der Waals surface area contributed by atoms with Gasteiger partial charge in [0.15, 0.2) is 0 Å². The molecule has 0 saturated carbocycles. The molecule has 0 spiro atoms. The summed E-state index contributed by atoms with van der Waals surface area (Å²) < 4.78 is 37.9. The Morgan fingerprint density at radius 2 is 1.58 bits per heavy atom. The first-order chi connectivity index (χ1) is 11.3. The normalized spacial score (nSPS) is 13.9. The van der Waals surface area contributed by atoms with Crippen LogP contribution in [0.15, 0.2) is 54.6 Å². The average molecular weight is 336 g/mol. The number of carbonyl (C=O) groups excluding carboxylic acids is 1. The smallest absolute Gasteiger partial charge is 0.373 e. The van der Waals surface area contributed by atoms with Gasteiger partial charge in [0.2, 0.25) is 5.91 Å². The standard InChI is InChI=1S/C18H19F3N2O/c1-12(13-6-4-3-5-7-13)16(17(24)22-2)23-15-10-8-14(9-11-15)18(19,20)21/h3-12,16,23H,1-2H3,(H,22,24)/t12-,16-/m0/s1. The summed E-state index contributed by atoms with van der Waals surface area (Å²) in [4.78, 5) is 12.2. The molecule has 0 aliphatic carbocycles. The second kappa shape index (κ2) is 7.38. The van der Waals surface area contributed by atoms with Gasteiger partial charge >= 0.3 is 6.18 Å². The van der Waals surface area contributed by atoms with E-state index >= 15 is 0 Å². The first kappa shape index (κ1) is 17.8. The quantitative estimate of drug-likeness (QED) is 0.865. The number of amides is 1. The van der Waals surface area contributed by atoms with Crippen molar-refractivity contribution in [1.29, 1.82) is 0 Å². The molecule has 2 aromatic carbocycles. The molecule has 0 aromatic heterocycles. The predicted octanol–water partition coefficient (Wildman–Crippen LogP) is 4.04. The molecule has 0 fully saturated rings. The molecule has 24 heavy (non-hydrogen) atoms. The molecule has 0 aliphatic heterocycles. The minimum absolute atomic E-state index is 0.159. The van der Waals surface area contributed by atoms with Gasteiger partial charge in [-0.15, -0.1) is 0 Å². The van der Waals surface area contributed by atoms with Gasteiger partial charge in [0.25, 0.3) is 0 Å². The number of nitrogens with one attached hydrogen (secondary N) is 2. The molecule has 128 valence electrons. The van der Waals surface area contributed by atoms with Gasteiger partial charge in [-0.05, 0) is 29.8 Å². The van der Waals surface area contributed by atoms with E-state index in [-0.39, 0.29) is 11.8 Å². The van der Waals surface area contributed by atoms with Gasteiger partial charge in [-0.25, -0.2) is 0 Å². The molecule has 0 heterocycles. The molecule has 1 amide bonds. The van der Waals surface area contributed by atoms with Crippen LogP contribution in [0.3, 0.4) is 0 Å². The van der Waals surface area contributed by atoms with E-state index in [1.165, 1.54) is 19.2 Å². The average Bonchev–Trinajstić information content (AvgIpc) is 2.59. The number of alkyl halides is 3. The largest absolute Gasteiger partial charge is 0.416 e. The van der Waals surface area contributed by atoms with E-state index in [4.69, 9.17) is 0 Å². The second-order valence-corrected chi connectivity index (χ2v) is 5.51. The molecular weight excluding hydrogens is 317 g/mol. The maximum absolute atomic E-state index is 12.6. The van der Waals surface area contributed by atoms with E-state index in [0.29, 0.717) is 5.69 Å². The van der Waals surface area contributed by atoms with Crippen molar-refractivity contribution in [2.45, 2.75) is 25.1 Å². The number of halogens is 3. The van der Waals surface area contributed by atoms with Crippen LogP contribution in [0.4, 0.5) is 18.9 Å². The molecular formula is C18H19F3N2O. The number of anilines is 1. The summed E-state index contributed by atoms with van der Waals surface area (Å²) in [7, 11) is 1.53. The van der Waals surface area contributed by atoms with Crippen LogP contribution in [0, 0.1) is 0 Å². The van der Waals surface area contributed by atoms with Crippen molar-refractivity contribution in [3.8, 4) is 0 Å². The number of hydrogen-bond acceptors (Lipinski definition) is 2. The minimum atomic E-state index is -4.38. The van der Waals surface area contributed by atoms with E-state index in [2.05, 4.69) is 10.6 Å². The van der Waals surface area contributed by atoms with Crippen molar-refractivity contribution in [3.63, 3.8) is 0 Å². The maximum atomic E-state index is 12.6. The second-order valence-electron chi connectivity index (χ2n) is 5.51. The van der Waals surface area contributed by atoms with Crippen LogP contribution in [0.2, 0.25) is 0 Å². The fraction of sp³-hybridized carbons (Fsp3) is 0.278. The summed E-state index contributed by atoms with van der Waals surface area (Å²) >= 11 is 0. The number of hydrogen-bond donors (Lipinski definition) is 2. The van der Waals surface area contributed by atoms with Crippen molar-refractivity contribution >= 4 is 11.6 Å². The van der Waals surface area contributed by atoms with Gasteiger partial charge in [-0.2, -0.15) is 13.2 Å². The third kappa shape index (κ3) is 4.28. The maximum Gasteiger partial charge on any atom is 0.416 e. The first-order valence-electron chi connectivity index (χ1n) is 7.53. The predicted molar refractivity (Wildman–Crippen MR) is 87.8 cm³/mol. The lowest BCUT2D eigenvalue weighted by molar-refractivity contribution is -0.137. The van der Waals surface area contributed by atoms with Crippen molar-refractivity contribution in [3.05, 3.63) is 65.7 Å². The van der Waals surface area contributed by atoms with Crippen molar-refractivity contribution in [2.75, 3.05) is 12.4 Å². The molecule has 2 aromatic rings. The summed E-state index contributed by atoms with van der Waals surface area (Å²) in [6.07, 6.45) is -4.38. The first-order valence-corrected chi connectivity index (χ1v) is 7.53. The molecule has 3 nitrogen and oxygen atoms in total. The van der Waals surface area contributed by atoms with Crippen LogP contribution >= 0.6 is 0 Å². The number of rotatable bonds is 5. The molecule has 0 aliphatic rings. The summed E-state index contributed by atoms with van der Waals surface area (Å²) in [5, 5.41) is 5.62. The fourth-order valence-electron chi connectivity index (χ4n) is 2.46. The van der Waals surface area contributed by atoms with Crippen molar-refractivity contribution in [2.24, 2.45) is 0 Å². The lowest BCUT2D eigenvalue weighted by atomic mass is 9.92. The van der Waals surface area contributed by atoms with Crippen molar-refractivity contribution < 1.29 is 18.0 Å². The van der Waals surface area contributed by atoms with E-state index in [9.17, 15) is 18.0 Å². The van der Waals surface area contributed by atoms with E-state index in [1.54, 1.807) is 0 Å². The molecule has 6 heteroatoms. The highest BCUT2D eigenvalue weighted by molar-refractivity contribution is 5.85. The lowest BCUT2D eigenvalue weighted by Gasteiger charge is -2.25. The van der Waals surface area contributed by atoms with Crippen LogP contribution in [0.25, 0.3) is 0 Å². The lowest BCUT2D eigenvalue weighted by Crippen LogP contribution is -2.41. The Morgan fingerprint density at radius 3 is 2.08 bits per heavy atom. The number of benzene rings is 2. The Kier molecular flexibility index (Phi) is 5.49. The summed E-state index contributed by atoms with van der Waals surface area (Å²) in [6, 6.07) is 13.5. The Hall–Kier alpha value is -2.50. The topological polar surface area (TPSA) is 41.1 Å². The zero-order valence-electron chi connectivity index (χ0n) is 13.4. The van der Waals surface area contributed by atoms with Gasteiger partial charge in [0.1, 0.15) is 6.04 Å². The Balaban J connectivity index is 2.22. The Labute approximate surface area is 138 Å². The highest BCUT2D eigenvalue weighted by atomic mass is 19.4. The Morgan fingerprint density at radius 1 is 1.00 bits per heavy atom. The molecule has 2 N–H and O–H groups in total. The van der Waals surface area contributed by atoms with Gasteiger partial charge in [-0.3, -0.25) is 4.79 Å². The molecule has 0 radical (unpaired) electrons. The van der Waals surface area contributed by atoms with Gasteiger partial charge in [-0.1, -0.05) is 37.3 Å². The highest BCUT2D eigenvalue weighted by Gasteiger charge is 2.30. The molecule has 0 bridgehead atoms. The zero-order chi connectivity index (χ0) is 17.7. The van der Waals surface area contributed by atoms with E-state index in [0.717, 1.165) is 17.7 Å². The molecule has 2 atom stereocenters. The van der Waals surface area contributed by atoms with Crippen LogP contribution in [0.5, 0.6) is 0 Å². The van der Waals surface area contributed by atoms with Gasteiger partial charge in [0, 0.05) is 18.7 Å². The Bertz CT molecular complexity index is 669. The van der Waals surface area contributed by atoms with Crippen LogP contribution < -0.4 is 10.6 Å². The number of carbonyl (C=O) groups is 1. The van der Waals surface area contributed by atoms with Crippen LogP contribution in [-0.4, -0.2) is 19.0 Å². The molecule has 0 unspecified atom stereocenters. The van der Waals surface area contributed by atoms with E-state index < -0.39 is 17.8 Å². The third-order valence-electron chi connectivity index (χ3n) is 3.89. The van der Waals surface area contributed by atoms with Crippen LogP contribution in [0.1, 0.15) is 24.0 Å². The summed E-state index contributed by atoms with van der Waals surface area (Å²) in [5.74, 6) is -0.389. The molecule has 0 saturated heterocycles. The van der Waals surface area contributed by atoms with E-state index in [1.807, 2.05) is 37.3 Å². The van der Waals surface area contributed by atoms with Crippen LogP contribution in [-0.2, 0) is 11.0 Å². The zero-order valence-corrected chi connectivity index (χ0v) is 13.4. The summed E-state index contributed by atoms with van der Waals surface area (Å²) in [6.45, 7) is 1.90. The van der Waals surface area contributed by atoms with Crippen molar-refractivity contribution in [1.82, 2.24) is 5.32 Å². The fourth-order valence-corrected chi connectivity index (χ4v) is 2.46. The highest BCUT2D eigenvalue weighted by Crippen LogP contribution is 2.30. The third-order valence-corrected chi connectivity index (χ3v) is 3.89.